The first-order chi connectivity index (χ1) is 10.8. The van der Waals surface area contributed by atoms with Crippen molar-refractivity contribution in [2.45, 2.75) is 16.7 Å². The molecule has 110 valence electrons. The number of aromatic nitrogens is 1. The van der Waals surface area contributed by atoms with E-state index in [1.54, 1.807) is 24.8 Å². The van der Waals surface area contributed by atoms with Crippen molar-refractivity contribution in [3.8, 4) is 11.5 Å². The molecule has 4 nitrogen and oxygen atoms in total. The minimum absolute atomic E-state index is 0.351. The molecule has 2 aromatic carbocycles. The Labute approximate surface area is 131 Å². The number of esters is 1. The molecule has 0 fully saturated rings. The lowest BCUT2D eigenvalue weighted by Gasteiger charge is -2.19. The quantitative estimate of drug-likeness (QED) is 0.550. The van der Waals surface area contributed by atoms with Crippen molar-refractivity contribution in [2.75, 3.05) is 6.61 Å². The van der Waals surface area contributed by atoms with Crippen LogP contribution in [0.1, 0.15) is 17.4 Å². The first-order valence-electron chi connectivity index (χ1n) is 7.04. The summed E-state index contributed by atoms with van der Waals surface area (Å²) < 4.78 is 11.1. The molecule has 0 aliphatic carbocycles. The molecule has 0 saturated carbocycles. The van der Waals surface area contributed by atoms with Gasteiger partial charge in [0.2, 0.25) is 0 Å². The van der Waals surface area contributed by atoms with E-state index in [0.717, 1.165) is 32.2 Å². The van der Waals surface area contributed by atoms with Crippen LogP contribution in [0.5, 0.6) is 11.5 Å². The highest BCUT2D eigenvalue weighted by Gasteiger charge is 2.22. The number of H-pyrrole nitrogens is 1. The largest absolute Gasteiger partial charge is 0.461 e. The van der Waals surface area contributed by atoms with Gasteiger partial charge in [-0.1, -0.05) is 23.9 Å². The lowest BCUT2D eigenvalue weighted by atomic mass is 10.2. The molecule has 4 rings (SSSR count). The fourth-order valence-corrected chi connectivity index (χ4v) is 3.48. The van der Waals surface area contributed by atoms with Gasteiger partial charge in [-0.25, -0.2) is 4.79 Å². The van der Waals surface area contributed by atoms with E-state index >= 15 is 0 Å². The average molecular weight is 311 g/mol. The highest BCUT2D eigenvalue weighted by Crippen LogP contribution is 2.49. The molecule has 2 heterocycles. The second-order valence-corrected chi connectivity index (χ2v) is 5.99. The molecule has 0 unspecified atom stereocenters. The van der Waals surface area contributed by atoms with Crippen molar-refractivity contribution >= 4 is 28.6 Å². The van der Waals surface area contributed by atoms with Crippen molar-refractivity contribution in [1.82, 2.24) is 4.98 Å². The van der Waals surface area contributed by atoms with Crippen molar-refractivity contribution in [2.24, 2.45) is 0 Å². The molecule has 0 saturated heterocycles. The molecule has 1 aliphatic heterocycles. The standard InChI is InChI=1S/C17H13NO3S/c1-2-20-17(19)12-9-10-11(18-12)7-8-15-16(10)21-13-5-3-4-6-14(13)22-15/h3-9,18H,2H2,1H3. The van der Waals surface area contributed by atoms with Crippen molar-refractivity contribution in [3.63, 3.8) is 0 Å². The maximum atomic E-state index is 11.9. The minimum atomic E-state index is -0.351. The lowest BCUT2D eigenvalue weighted by Crippen LogP contribution is -2.04. The van der Waals surface area contributed by atoms with Crippen LogP contribution in [-0.4, -0.2) is 17.6 Å². The predicted octanol–water partition coefficient (Wildman–Crippen LogP) is 4.60. The third-order valence-corrected chi connectivity index (χ3v) is 4.59. The summed E-state index contributed by atoms with van der Waals surface area (Å²) in [6.45, 7) is 2.14. The predicted molar refractivity (Wildman–Crippen MR) is 84.9 cm³/mol. The van der Waals surface area contributed by atoms with Gasteiger partial charge in [-0.2, -0.15) is 0 Å². The van der Waals surface area contributed by atoms with Gasteiger partial charge in [0, 0.05) is 10.9 Å². The molecule has 1 aromatic heterocycles. The Morgan fingerprint density at radius 3 is 2.95 bits per heavy atom. The zero-order valence-electron chi connectivity index (χ0n) is 11.9. The van der Waals surface area contributed by atoms with Crippen LogP contribution in [-0.2, 0) is 4.74 Å². The summed E-state index contributed by atoms with van der Waals surface area (Å²) in [6, 6.07) is 13.7. The molecule has 0 atom stereocenters. The maximum Gasteiger partial charge on any atom is 0.354 e. The van der Waals surface area contributed by atoms with Crippen LogP contribution in [0.4, 0.5) is 0 Å². The lowest BCUT2D eigenvalue weighted by molar-refractivity contribution is 0.0520. The molecule has 22 heavy (non-hydrogen) atoms. The highest BCUT2D eigenvalue weighted by atomic mass is 32.2. The SMILES string of the molecule is CCOC(=O)c1cc2c3c(ccc2[nH]1)Sc1ccccc1O3. The molecule has 3 aromatic rings. The fraction of sp³-hybridized carbons (Fsp3) is 0.118. The zero-order chi connectivity index (χ0) is 15.1. The van der Waals surface area contributed by atoms with E-state index < -0.39 is 0 Å². The number of aromatic amines is 1. The Hall–Kier alpha value is -2.40. The Morgan fingerprint density at radius 1 is 1.23 bits per heavy atom. The monoisotopic (exact) mass is 311 g/mol. The molecule has 5 heteroatoms. The molecule has 0 amide bonds. The van der Waals surface area contributed by atoms with Gasteiger partial charge in [0.15, 0.2) is 5.75 Å². The summed E-state index contributed by atoms with van der Waals surface area (Å²) in [4.78, 5) is 17.1. The van der Waals surface area contributed by atoms with Crippen molar-refractivity contribution in [1.29, 1.82) is 0 Å². The van der Waals surface area contributed by atoms with Gasteiger partial charge in [-0.15, -0.1) is 0 Å². The van der Waals surface area contributed by atoms with Gasteiger partial charge in [0.1, 0.15) is 11.4 Å². The number of para-hydroxylation sites is 1. The number of fused-ring (bicyclic) bond motifs is 4. The topological polar surface area (TPSA) is 51.3 Å². The van der Waals surface area contributed by atoms with Gasteiger partial charge in [-0.3, -0.25) is 0 Å². The normalized spacial score (nSPS) is 12.4. The zero-order valence-corrected chi connectivity index (χ0v) is 12.7. The van der Waals surface area contributed by atoms with Crippen LogP contribution >= 0.6 is 11.8 Å². The van der Waals surface area contributed by atoms with Gasteiger partial charge in [0.25, 0.3) is 0 Å². The van der Waals surface area contributed by atoms with E-state index in [0.29, 0.717) is 12.3 Å². The Kier molecular flexibility index (Phi) is 3.08. The van der Waals surface area contributed by atoms with Crippen LogP contribution in [0.25, 0.3) is 10.9 Å². The van der Waals surface area contributed by atoms with Crippen LogP contribution in [0.2, 0.25) is 0 Å². The third kappa shape index (κ3) is 2.05. The number of hydrogen-bond acceptors (Lipinski definition) is 4. The summed E-state index contributed by atoms with van der Waals surface area (Å²) in [5.74, 6) is 1.27. The number of hydrogen-bond donors (Lipinski definition) is 1. The van der Waals surface area contributed by atoms with Crippen LogP contribution in [0.15, 0.2) is 52.3 Å². The summed E-state index contributed by atoms with van der Waals surface area (Å²) >= 11 is 1.67. The third-order valence-electron chi connectivity index (χ3n) is 3.49. The van der Waals surface area contributed by atoms with Crippen molar-refractivity contribution < 1.29 is 14.3 Å². The molecule has 0 bridgehead atoms. The molecule has 1 aliphatic rings. The fourth-order valence-electron chi connectivity index (χ4n) is 2.51. The summed E-state index contributed by atoms with van der Waals surface area (Å²) in [7, 11) is 0. The van der Waals surface area contributed by atoms with Gasteiger partial charge in [-0.05, 0) is 37.3 Å². The minimum Gasteiger partial charge on any atom is -0.461 e. The number of carbonyl (C=O) groups excluding carboxylic acids is 1. The van der Waals surface area contributed by atoms with Crippen LogP contribution in [0.3, 0.4) is 0 Å². The highest BCUT2D eigenvalue weighted by molar-refractivity contribution is 7.99. The van der Waals surface area contributed by atoms with E-state index in [-0.39, 0.29) is 5.97 Å². The Morgan fingerprint density at radius 2 is 2.09 bits per heavy atom. The van der Waals surface area contributed by atoms with Crippen LogP contribution in [0, 0.1) is 0 Å². The van der Waals surface area contributed by atoms with Gasteiger partial charge >= 0.3 is 5.97 Å². The van der Waals surface area contributed by atoms with E-state index in [1.807, 2.05) is 36.4 Å². The first kappa shape index (κ1) is 13.3. The van der Waals surface area contributed by atoms with E-state index in [4.69, 9.17) is 9.47 Å². The Bertz CT molecular complexity index is 885. The van der Waals surface area contributed by atoms with Gasteiger partial charge in [0.05, 0.1) is 16.4 Å². The summed E-state index contributed by atoms with van der Waals surface area (Å²) in [6.07, 6.45) is 0. The molecular formula is C17H13NO3S. The number of carbonyl (C=O) groups is 1. The first-order valence-corrected chi connectivity index (χ1v) is 7.85. The smallest absolute Gasteiger partial charge is 0.354 e. The van der Waals surface area contributed by atoms with E-state index in [9.17, 15) is 4.79 Å². The second-order valence-electron chi connectivity index (χ2n) is 4.91. The van der Waals surface area contributed by atoms with Gasteiger partial charge < -0.3 is 14.5 Å². The number of rotatable bonds is 2. The summed E-state index contributed by atoms with van der Waals surface area (Å²) in [5.41, 5.74) is 1.31. The molecule has 0 radical (unpaired) electrons. The molecular weight excluding hydrogens is 298 g/mol. The molecule has 1 N–H and O–H groups in total. The maximum absolute atomic E-state index is 11.9. The van der Waals surface area contributed by atoms with E-state index in [2.05, 4.69) is 4.98 Å². The second kappa shape index (κ2) is 5.10. The number of benzene rings is 2. The Balaban J connectivity index is 1.82. The number of ether oxygens (including phenoxy) is 2. The molecule has 0 spiro atoms. The number of nitrogens with one attached hydrogen (secondary N) is 1. The summed E-state index contributed by atoms with van der Waals surface area (Å²) in [5, 5.41) is 0.891. The van der Waals surface area contributed by atoms with Crippen molar-refractivity contribution in [3.05, 3.63) is 48.2 Å². The van der Waals surface area contributed by atoms with Crippen LogP contribution < -0.4 is 4.74 Å². The average Bonchev–Trinajstić information content (AvgIpc) is 2.98. The van der Waals surface area contributed by atoms with E-state index in [1.165, 1.54) is 0 Å².